The summed E-state index contributed by atoms with van der Waals surface area (Å²) in [5.74, 6) is -1.62. The van der Waals surface area contributed by atoms with Gasteiger partial charge < -0.3 is 16.0 Å². The van der Waals surface area contributed by atoms with Gasteiger partial charge in [-0.25, -0.2) is 0 Å². The summed E-state index contributed by atoms with van der Waals surface area (Å²) in [6.07, 6.45) is 0. The molecule has 0 radical (unpaired) electrons. The second kappa shape index (κ2) is 23.1. The Kier molecular flexibility index (Phi) is 14.8. The molecule has 0 aliphatic carbocycles. The Morgan fingerprint density at radius 2 is 0.413 bits per heavy atom. The lowest BCUT2D eigenvalue weighted by atomic mass is 10.0. The molecule has 3 amide bonds. The monoisotopic (exact) mass is 975 g/mol. The fourth-order valence-corrected chi connectivity index (χ4v) is 7.86. The van der Waals surface area contributed by atoms with Gasteiger partial charge in [0.25, 0.3) is 17.7 Å². The number of nitrogens with zero attached hydrogens (tertiary/aromatic N) is 6. The topological polar surface area (TPSA) is 161 Å². The number of nitrogens with one attached hydrogen (secondary N) is 3. The highest BCUT2D eigenvalue weighted by Gasteiger charge is 2.18. The van der Waals surface area contributed by atoms with Crippen molar-refractivity contribution >= 4 is 68.9 Å². The molecule has 12 heteroatoms. The van der Waals surface area contributed by atoms with Crippen molar-refractivity contribution in [2.45, 2.75) is 0 Å². The first-order chi connectivity index (χ1) is 36.8. The Bertz CT molecular complexity index is 3260. The molecule has 0 aromatic heterocycles. The minimum Gasteiger partial charge on any atom is -0.322 e. The van der Waals surface area contributed by atoms with E-state index in [1.54, 1.807) is 72.8 Å². The molecule has 0 fully saturated rings. The largest absolute Gasteiger partial charge is 0.322 e. The quantitative estimate of drug-likeness (QED) is 0.0874. The van der Waals surface area contributed by atoms with Gasteiger partial charge in [0.05, 0.1) is 34.1 Å². The number of amides is 3. The average molecular weight is 976 g/mol. The molecule has 10 rings (SSSR count). The van der Waals surface area contributed by atoms with E-state index >= 15 is 0 Å². The minimum atomic E-state index is -0.541. The van der Waals surface area contributed by atoms with Crippen molar-refractivity contribution < 1.29 is 14.4 Å². The molecule has 360 valence electrons. The second-order valence-electron chi connectivity index (χ2n) is 17.1. The van der Waals surface area contributed by atoms with Crippen LogP contribution in [-0.4, -0.2) is 17.7 Å². The summed E-state index contributed by atoms with van der Waals surface area (Å²) < 4.78 is 0. The van der Waals surface area contributed by atoms with Crippen LogP contribution < -0.4 is 16.0 Å². The molecule has 0 bridgehead atoms. The highest BCUT2D eigenvalue weighted by Crippen LogP contribution is 2.29. The molecule has 0 saturated carbocycles. The predicted molar refractivity (Wildman–Crippen MR) is 298 cm³/mol. The van der Waals surface area contributed by atoms with Gasteiger partial charge in [0.1, 0.15) is 0 Å². The lowest BCUT2D eigenvalue weighted by molar-refractivity contribution is 0.102. The normalized spacial score (nSPS) is 11.2. The molecule has 10 aromatic rings. The maximum Gasteiger partial charge on any atom is 0.255 e. The number of carbonyl (C=O) groups is 3. The maximum atomic E-state index is 13.9. The van der Waals surface area contributed by atoms with E-state index in [1.807, 2.05) is 127 Å². The Morgan fingerprint density at radius 1 is 0.227 bits per heavy atom. The molecule has 75 heavy (non-hydrogen) atoms. The second-order valence-corrected chi connectivity index (χ2v) is 17.1. The van der Waals surface area contributed by atoms with Gasteiger partial charge in [-0.05, 0) is 161 Å². The van der Waals surface area contributed by atoms with E-state index in [-0.39, 0.29) is 16.7 Å². The van der Waals surface area contributed by atoms with Crippen LogP contribution in [0.4, 0.5) is 51.2 Å². The SMILES string of the molecule is O=C(Nc1ccc(/N=N/c2ccc(-c3ccccc3)cc2)cc1)c1cc(C(=O)Nc2ccc(/N=N/c3ccc(-c4ccccc4)cc3)cc2)cc(C(=O)Nc2ccc(/N=N/c3ccc(-c4ccccc4)cc3)cc2)c1. The van der Waals surface area contributed by atoms with Gasteiger partial charge in [0, 0.05) is 33.8 Å². The molecular formula is C63H45N9O3. The van der Waals surface area contributed by atoms with Crippen molar-refractivity contribution in [3.8, 4) is 33.4 Å². The van der Waals surface area contributed by atoms with Gasteiger partial charge in [-0.3, -0.25) is 14.4 Å². The van der Waals surface area contributed by atoms with Crippen LogP contribution in [0.1, 0.15) is 31.1 Å². The number of rotatable bonds is 15. The van der Waals surface area contributed by atoms with Crippen LogP contribution in [0.2, 0.25) is 0 Å². The molecule has 0 aliphatic rings. The smallest absolute Gasteiger partial charge is 0.255 e. The van der Waals surface area contributed by atoms with E-state index in [1.165, 1.54) is 18.2 Å². The third-order valence-corrected chi connectivity index (χ3v) is 11.9. The number of hydrogen-bond donors (Lipinski definition) is 3. The van der Waals surface area contributed by atoms with Crippen LogP contribution >= 0.6 is 0 Å². The van der Waals surface area contributed by atoms with E-state index in [0.717, 1.165) is 33.4 Å². The number of anilines is 3. The number of azo groups is 3. The van der Waals surface area contributed by atoms with Gasteiger partial charge in [-0.15, -0.1) is 0 Å². The molecule has 0 heterocycles. The zero-order chi connectivity index (χ0) is 51.2. The first-order valence-electron chi connectivity index (χ1n) is 23.9. The van der Waals surface area contributed by atoms with E-state index in [9.17, 15) is 14.4 Å². The number of carbonyl (C=O) groups excluding carboxylic acids is 3. The molecule has 0 aliphatic heterocycles. The zero-order valence-corrected chi connectivity index (χ0v) is 40.2. The highest BCUT2D eigenvalue weighted by atomic mass is 16.2. The molecule has 0 spiro atoms. The summed E-state index contributed by atoms with van der Waals surface area (Å²) in [6.45, 7) is 0. The van der Waals surface area contributed by atoms with Crippen LogP contribution in [-0.2, 0) is 0 Å². The van der Waals surface area contributed by atoms with Crippen molar-refractivity contribution in [1.29, 1.82) is 0 Å². The van der Waals surface area contributed by atoms with Crippen molar-refractivity contribution in [2.24, 2.45) is 30.7 Å². The van der Waals surface area contributed by atoms with E-state index in [0.29, 0.717) is 51.2 Å². The van der Waals surface area contributed by atoms with E-state index in [2.05, 4.69) is 83.0 Å². The lowest BCUT2D eigenvalue weighted by Gasteiger charge is -2.12. The van der Waals surface area contributed by atoms with Crippen molar-refractivity contribution in [1.82, 2.24) is 0 Å². The number of hydrogen-bond acceptors (Lipinski definition) is 9. The summed E-state index contributed by atoms with van der Waals surface area (Å²) in [6, 6.07) is 78.5. The zero-order valence-electron chi connectivity index (χ0n) is 40.2. The third-order valence-electron chi connectivity index (χ3n) is 11.9. The minimum absolute atomic E-state index is 0.0793. The third kappa shape index (κ3) is 12.9. The lowest BCUT2D eigenvalue weighted by Crippen LogP contribution is -2.19. The fourth-order valence-electron chi connectivity index (χ4n) is 7.86. The van der Waals surface area contributed by atoms with Crippen LogP contribution in [0, 0.1) is 0 Å². The van der Waals surface area contributed by atoms with Crippen LogP contribution in [0.15, 0.2) is 285 Å². The molecule has 0 atom stereocenters. The van der Waals surface area contributed by atoms with Crippen LogP contribution in [0.5, 0.6) is 0 Å². The summed E-state index contributed by atoms with van der Waals surface area (Å²) in [5, 5.41) is 34.9. The van der Waals surface area contributed by atoms with E-state index in [4.69, 9.17) is 0 Å². The van der Waals surface area contributed by atoms with Gasteiger partial charge in [0.15, 0.2) is 0 Å². The predicted octanol–water partition coefficient (Wildman–Crippen LogP) is 17.7. The number of benzene rings is 10. The summed E-state index contributed by atoms with van der Waals surface area (Å²) in [7, 11) is 0. The van der Waals surface area contributed by atoms with Gasteiger partial charge >= 0.3 is 0 Å². The highest BCUT2D eigenvalue weighted by molar-refractivity contribution is 6.13. The summed E-state index contributed by atoms with van der Waals surface area (Å²) >= 11 is 0. The van der Waals surface area contributed by atoms with Gasteiger partial charge in [-0.1, -0.05) is 127 Å². The molecule has 0 saturated heterocycles. The average Bonchev–Trinajstić information content (AvgIpc) is 3.47. The van der Waals surface area contributed by atoms with Gasteiger partial charge in [-0.2, -0.15) is 30.7 Å². The first-order valence-corrected chi connectivity index (χ1v) is 23.9. The van der Waals surface area contributed by atoms with Crippen LogP contribution in [0.3, 0.4) is 0 Å². The van der Waals surface area contributed by atoms with Crippen molar-refractivity contribution in [3.05, 3.63) is 271 Å². The Morgan fingerprint density at radius 3 is 0.627 bits per heavy atom. The molecular weight excluding hydrogens is 931 g/mol. The van der Waals surface area contributed by atoms with Crippen LogP contribution in [0.25, 0.3) is 33.4 Å². The molecule has 12 nitrogen and oxygen atoms in total. The maximum absolute atomic E-state index is 13.9. The van der Waals surface area contributed by atoms with Crippen molar-refractivity contribution in [3.63, 3.8) is 0 Å². The molecule has 10 aromatic carbocycles. The molecule has 0 unspecified atom stereocenters. The van der Waals surface area contributed by atoms with E-state index < -0.39 is 17.7 Å². The summed E-state index contributed by atoms with van der Waals surface area (Å²) in [5.41, 5.74) is 12.0. The first kappa shape index (κ1) is 48.1. The standard InChI is InChI=1S/C63H45N9O3/c73-61(64-52-28-34-58(35-29-52)70-67-55-22-16-46(17-23-55)43-10-4-1-5-11-43)49-40-50(62(74)65-53-30-36-59(37-31-53)71-68-56-24-18-47(19-25-56)44-12-6-2-7-13-44)42-51(41-49)63(75)66-54-32-38-60(39-33-54)72-69-57-26-20-48(21-27-57)45-14-8-3-9-15-45/h1-42H,(H,64,73)(H,65,74)(H,66,75)/b70-67+,71-68+,72-69+. The Balaban J connectivity index is 0.823. The van der Waals surface area contributed by atoms with Crippen molar-refractivity contribution in [2.75, 3.05) is 16.0 Å². The summed E-state index contributed by atoms with van der Waals surface area (Å²) in [4.78, 5) is 41.8. The fraction of sp³-hybridized carbons (Fsp3) is 0. The molecule has 3 N–H and O–H groups in total. The Hall–Kier alpha value is -10.6. The van der Waals surface area contributed by atoms with Gasteiger partial charge in [0.2, 0.25) is 0 Å². The Labute approximate surface area is 433 Å².